The second kappa shape index (κ2) is 4.99. The van der Waals surface area contributed by atoms with E-state index in [9.17, 15) is 0 Å². The van der Waals surface area contributed by atoms with Gasteiger partial charge in [0.25, 0.3) is 0 Å². The van der Waals surface area contributed by atoms with Crippen molar-refractivity contribution >= 4 is 0 Å². The Kier molecular flexibility index (Phi) is 3.92. The molecule has 2 N–H and O–H groups in total. The van der Waals surface area contributed by atoms with Crippen LogP contribution in [0.25, 0.3) is 0 Å². The van der Waals surface area contributed by atoms with E-state index < -0.39 is 0 Å². The number of imidazole rings is 1. The first-order chi connectivity index (χ1) is 6.33. The molecule has 0 aromatic carbocycles. The van der Waals surface area contributed by atoms with Crippen molar-refractivity contribution in [2.45, 2.75) is 25.9 Å². The molecule has 4 heteroatoms. The van der Waals surface area contributed by atoms with E-state index in [-0.39, 0.29) is 12.6 Å². The van der Waals surface area contributed by atoms with Gasteiger partial charge in [0.1, 0.15) is 0 Å². The third-order valence-corrected chi connectivity index (χ3v) is 2.10. The van der Waals surface area contributed by atoms with Crippen LogP contribution in [0.5, 0.6) is 0 Å². The van der Waals surface area contributed by atoms with Crippen molar-refractivity contribution in [3.63, 3.8) is 0 Å². The highest BCUT2D eigenvalue weighted by atomic mass is 16.3. The number of likely N-dealkylation sites (N-methyl/N-ethyl adjacent to an activating group) is 1. The summed E-state index contributed by atoms with van der Waals surface area (Å²) in [5.41, 5.74) is 1.05. The minimum atomic E-state index is -0.00551. The molecule has 0 bridgehead atoms. The fourth-order valence-electron chi connectivity index (χ4n) is 1.38. The molecule has 0 saturated carbocycles. The SMILES string of the molecule is CCCn1cncc1C(CO)NC. The summed E-state index contributed by atoms with van der Waals surface area (Å²) in [5, 5.41) is 12.1. The highest BCUT2D eigenvalue weighted by Crippen LogP contribution is 2.11. The van der Waals surface area contributed by atoms with E-state index in [1.165, 1.54) is 0 Å². The number of aromatic nitrogens is 2. The van der Waals surface area contributed by atoms with Gasteiger partial charge in [-0.2, -0.15) is 0 Å². The first kappa shape index (κ1) is 10.2. The molecule has 0 radical (unpaired) electrons. The number of rotatable bonds is 5. The van der Waals surface area contributed by atoms with Gasteiger partial charge in [-0.05, 0) is 13.5 Å². The second-order valence-corrected chi connectivity index (χ2v) is 3.04. The highest BCUT2D eigenvalue weighted by molar-refractivity contribution is 5.05. The summed E-state index contributed by atoms with van der Waals surface area (Å²) in [6, 6.07) is -0.00551. The third kappa shape index (κ3) is 2.29. The molecule has 0 spiro atoms. The maximum atomic E-state index is 9.09. The van der Waals surface area contributed by atoms with Crippen LogP contribution in [0.1, 0.15) is 25.1 Å². The first-order valence-electron chi connectivity index (χ1n) is 4.61. The monoisotopic (exact) mass is 183 g/mol. The average Bonchev–Trinajstić information content (AvgIpc) is 2.57. The Labute approximate surface area is 78.6 Å². The van der Waals surface area contributed by atoms with Crippen molar-refractivity contribution in [1.82, 2.24) is 14.9 Å². The normalized spacial score (nSPS) is 13.2. The van der Waals surface area contributed by atoms with E-state index in [0.29, 0.717) is 0 Å². The number of nitrogens with one attached hydrogen (secondary N) is 1. The summed E-state index contributed by atoms with van der Waals surface area (Å²) in [5.74, 6) is 0. The fraction of sp³-hybridized carbons (Fsp3) is 0.667. The molecule has 1 aromatic heterocycles. The molecule has 0 fully saturated rings. The standard InChI is InChI=1S/C9H17N3O/c1-3-4-12-7-11-5-9(12)8(6-13)10-2/h5,7-8,10,13H,3-4,6H2,1-2H3. The minimum Gasteiger partial charge on any atom is -0.394 e. The Morgan fingerprint density at radius 2 is 2.46 bits per heavy atom. The van der Waals surface area contributed by atoms with Crippen LogP contribution in [-0.4, -0.2) is 28.3 Å². The second-order valence-electron chi connectivity index (χ2n) is 3.04. The van der Waals surface area contributed by atoms with Gasteiger partial charge in [-0.3, -0.25) is 0 Å². The lowest BCUT2D eigenvalue weighted by atomic mass is 10.2. The summed E-state index contributed by atoms with van der Waals surface area (Å²) >= 11 is 0. The minimum absolute atomic E-state index is 0.00551. The molecule has 1 aromatic rings. The predicted molar refractivity (Wildman–Crippen MR) is 51.4 cm³/mol. The Morgan fingerprint density at radius 1 is 1.69 bits per heavy atom. The smallest absolute Gasteiger partial charge is 0.0948 e. The summed E-state index contributed by atoms with van der Waals surface area (Å²) < 4.78 is 2.07. The molecule has 4 nitrogen and oxygen atoms in total. The quantitative estimate of drug-likeness (QED) is 0.700. The van der Waals surface area contributed by atoms with E-state index in [2.05, 4.69) is 21.8 Å². The molecule has 0 aliphatic heterocycles. The van der Waals surface area contributed by atoms with Gasteiger partial charge in [-0.25, -0.2) is 4.98 Å². The molecule has 1 heterocycles. The molecule has 0 saturated heterocycles. The van der Waals surface area contributed by atoms with Crippen molar-refractivity contribution in [3.05, 3.63) is 18.2 Å². The maximum absolute atomic E-state index is 9.09. The molecule has 74 valence electrons. The molecule has 0 aliphatic carbocycles. The van der Waals surface area contributed by atoms with Gasteiger partial charge in [0.2, 0.25) is 0 Å². The summed E-state index contributed by atoms with van der Waals surface area (Å²) in [6.07, 6.45) is 4.68. The number of aryl methyl sites for hydroxylation is 1. The summed E-state index contributed by atoms with van der Waals surface area (Å²) in [6.45, 7) is 3.18. The number of aliphatic hydroxyl groups is 1. The zero-order valence-corrected chi connectivity index (χ0v) is 8.20. The van der Waals surface area contributed by atoms with Crippen LogP contribution in [0.4, 0.5) is 0 Å². The van der Waals surface area contributed by atoms with E-state index in [1.54, 1.807) is 12.5 Å². The Bertz CT molecular complexity index is 243. The van der Waals surface area contributed by atoms with Crippen LogP contribution in [0.2, 0.25) is 0 Å². The molecule has 1 unspecified atom stereocenters. The van der Waals surface area contributed by atoms with Gasteiger partial charge >= 0.3 is 0 Å². The summed E-state index contributed by atoms with van der Waals surface area (Å²) in [4.78, 5) is 4.07. The lowest BCUT2D eigenvalue weighted by Crippen LogP contribution is -2.22. The topological polar surface area (TPSA) is 50.1 Å². The van der Waals surface area contributed by atoms with Crippen molar-refractivity contribution in [2.75, 3.05) is 13.7 Å². The van der Waals surface area contributed by atoms with Crippen molar-refractivity contribution in [2.24, 2.45) is 0 Å². The average molecular weight is 183 g/mol. The number of nitrogens with zero attached hydrogens (tertiary/aromatic N) is 2. The van der Waals surface area contributed by atoms with Gasteiger partial charge in [0, 0.05) is 12.7 Å². The molecule has 13 heavy (non-hydrogen) atoms. The molecule has 1 rings (SSSR count). The molecular formula is C9H17N3O. The van der Waals surface area contributed by atoms with Crippen LogP contribution in [0, 0.1) is 0 Å². The Balaban J connectivity index is 2.78. The first-order valence-corrected chi connectivity index (χ1v) is 4.61. The zero-order valence-electron chi connectivity index (χ0n) is 8.20. The van der Waals surface area contributed by atoms with Crippen molar-refractivity contribution in [3.8, 4) is 0 Å². The molecule has 1 atom stereocenters. The lowest BCUT2D eigenvalue weighted by molar-refractivity contribution is 0.245. The molecular weight excluding hydrogens is 166 g/mol. The van der Waals surface area contributed by atoms with E-state index >= 15 is 0 Å². The number of hydrogen-bond donors (Lipinski definition) is 2. The Hall–Kier alpha value is -0.870. The maximum Gasteiger partial charge on any atom is 0.0948 e. The van der Waals surface area contributed by atoms with E-state index in [0.717, 1.165) is 18.7 Å². The van der Waals surface area contributed by atoms with E-state index in [4.69, 9.17) is 5.11 Å². The van der Waals surface area contributed by atoms with Gasteiger partial charge in [-0.1, -0.05) is 6.92 Å². The van der Waals surface area contributed by atoms with Crippen LogP contribution in [0.15, 0.2) is 12.5 Å². The fourth-order valence-corrected chi connectivity index (χ4v) is 1.38. The van der Waals surface area contributed by atoms with E-state index in [1.807, 2.05) is 7.05 Å². The van der Waals surface area contributed by atoms with Gasteiger partial charge < -0.3 is 15.0 Å². The Morgan fingerprint density at radius 3 is 3.00 bits per heavy atom. The zero-order chi connectivity index (χ0) is 9.68. The van der Waals surface area contributed by atoms with Crippen molar-refractivity contribution < 1.29 is 5.11 Å². The third-order valence-electron chi connectivity index (χ3n) is 2.10. The van der Waals surface area contributed by atoms with Gasteiger partial charge in [-0.15, -0.1) is 0 Å². The lowest BCUT2D eigenvalue weighted by Gasteiger charge is -2.15. The number of aliphatic hydroxyl groups excluding tert-OH is 1. The highest BCUT2D eigenvalue weighted by Gasteiger charge is 2.11. The van der Waals surface area contributed by atoms with Gasteiger partial charge in [0.15, 0.2) is 0 Å². The predicted octanol–water partition coefficient (Wildman–Crippen LogP) is 0.546. The molecule has 0 amide bonds. The van der Waals surface area contributed by atoms with Crippen LogP contribution >= 0.6 is 0 Å². The summed E-state index contributed by atoms with van der Waals surface area (Å²) in [7, 11) is 1.84. The van der Waals surface area contributed by atoms with Crippen LogP contribution in [-0.2, 0) is 6.54 Å². The molecule has 0 aliphatic rings. The van der Waals surface area contributed by atoms with Gasteiger partial charge in [0.05, 0.1) is 24.7 Å². The number of hydrogen-bond acceptors (Lipinski definition) is 3. The van der Waals surface area contributed by atoms with Crippen LogP contribution < -0.4 is 5.32 Å². The largest absolute Gasteiger partial charge is 0.394 e. The van der Waals surface area contributed by atoms with Crippen LogP contribution in [0.3, 0.4) is 0 Å². The van der Waals surface area contributed by atoms with Crippen molar-refractivity contribution in [1.29, 1.82) is 0 Å².